The van der Waals surface area contributed by atoms with Crippen LogP contribution in [0.5, 0.6) is 0 Å². The van der Waals surface area contributed by atoms with Gasteiger partial charge in [0.25, 0.3) is 0 Å². The molecule has 126 valence electrons. The van der Waals surface area contributed by atoms with Crippen LogP contribution in [0, 0.1) is 0 Å². The van der Waals surface area contributed by atoms with Crippen molar-refractivity contribution >= 4 is 0 Å². The summed E-state index contributed by atoms with van der Waals surface area (Å²) >= 11 is 0. The van der Waals surface area contributed by atoms with E-state index in [0.29, 0.717) is 0 Å². The first-order valence-corrected chi connectivity index (χ1v) is 8.40. The monoisotopic (exact) mass is 300 g/mol. The maximum absolute atomic E-state index is 9.51. The summed E-state index contributed by atoms with van der Waals surface area (Å²) in [5.74, 6) is 0. The van der Waals surface area contributed by atoms with Crippen LogP contribution in [-0.2, 0) is 4.74 Å². The van der Waals surface area contributed by atoms with E-state index in [1.165, 1.54) is 6.42 Å². The molecule has 4 heteroatoms. The molecule has 21 heavy (non-hydrogen) atoms. The molecule has 0 spiro atoms. The lowest BCUT2D eigenvalue weighted by Crippen LogP contribution is -2.57. The van der Waals surface area contributed by atoms with Crippen molar-refractivity contribution in [3.8, 4) is 0 Å². The third-order valence-electron chi connectivity index (χ3n) is 4.17. The highest BCUT2D eigenvalue weighted by molar-refractivity contribution is 4.89. The lowest BCUT2D eigenvalue weighted by atomic mass is 9.95. The standard InChI is InChI=1S/C17H36N2O2/c1-7-18-17(6,14-20)10-8-9-11-19-12-15(2,3)21-16(4,5)13-19/h18,20H,7-14H2,1-6H3. The maximum Gasteiger partial charge on any atom is 0.0760 e. The van der Waals surface area contributed by atoms with Gasteiger partial charge in [-0.1, -0.05) is 13.3 Å². The van der Waals surface area contributed by atoms with Crippen molar-refractivity contribution in [2.75, 3.05) is 32.8 Å². The Hall–Kier alpha value is -0.160. The molecule has 0 bridgehead atoms. The van der Waals surface area contributed by atoms with Crippen molar-refractivity contribution in [3.63, 3.8) is 0 Å². The molecule has 0 aromatic carbocycles. The predicted octanol–water partition coefficient (Wildman–Crippen LogP) is 2.41. The van der Waals surface area contributed by atoms with E-state index < -0.39 is 0 Å². The van der Waals surface area contributed by atoms with Crippen LogP contribution in [0.1, 0.15) is 60.8 Å². The number of ether oxygens (including phenoxy) is 1. The number of unbranched alkanes of at least 4 members (excludes halogenated alkanes) is 1. The van der Waals surface area contributed by atoms with E-state index in [4.69, 9.17) is 4.74 Å². The van der Waals surface area contributed by atoms with Crippen molar-refractivity contribution < 1.29 is 9.84 Å². The van der Waals surface area contributed by atoms with Gasteiger partial charge in [0.15, 0.2) is 0 Å². The zero-order valence-electron chi connectivity index (χ0n) is 15.0. The van der Waals surface area contributed by atoms with Crippen LogP contribution >= 0.6 is 0 Å². The molecule has 1 fully saturated rings. The molecule has 0 aromatic heterocycles. The summed E-state index contributed by atoms with van der Waals surface area (Å²) < 4.78 is 6.12. The topological polar surface area (TPSA) is 44.7 Å². The number of aliphatic hydroxyl groups excluding tert-OH is 1. The van der Waals surface area contributed by atoms with Gasteiger partial charge in [-0.2, -0.15) is 0 Å². The lowest BCUT2D eigenvalue weighted by Gasteiger charge is -2.47. The fourth-order valence-electron chi connectivity index (χ4n) is 3.60. The van der Waals surface area contributed by atoms with Gasteiger partial charge in [-0.15, -0.1) is 0 Å². The SMILES string of the molecule is CCNC(C)(CO)CCCCN1CC(C)(C)OC(C)(C)C1. The summed E-state index contributed by atoms with van der Waals surface area (Å²) in [6.45, 7) is 17.1. The van der Waals surface area contributed by atoms with Crippen molar-refractivity contribution in [1.82, 2.24) is 10.2 Å². The fourth-order valence-corrected chi connectivity index (χ4v) is 3.60. The Morgan fingerprint density at radius 1 is 1.14 bits per heavy atom. The Kier molecular flexibility index (Phi) is 6.66. The van der Waals surface area contributed by atoms with Gasteiger partial charge in [-0.3, -0.25) is 4.90 Å². The molecule has 2 N–H and O–H groups in total. The fraction of sp³-hybridized carbons (Fsp3) is 1.00. The average Bonchev–Trinajstić information content (AvgIpc) is 2.31. The minimum atomic E-state index is -0.127. The van der Waals surface area contributed by atoms with Gasteiger partial charge in [0.05, 0.1) is 17.8 Å². The molecule has 0 saturated carbocycles. The Labute approximate surface area is 131 Å². The molecule has 0 aliphatic carbocycles. The molecule has 0 radical (unpaired) electrons. The summed E-state index contributed by atoms with van der Waals surface area (Å²) in [5, 5.41) is 12.9. The van der Waals surface area contributed by atoms with Gasteiger partial charge in [-0.25, -0.2) is 0 Å². The first-order chi connectivity index (χ1) is 9.61. The molecule has 1 unspecified atom stereocenters. The van der Waals surface area contributed by atoms with Gasteiger partial charge in [0.2, 0.25) is 0 Å². The van der Waals surface area contributed by atoms with Gasteiger partial charge in [0, 0.05) is 18.6 Å². The van der Waals surface area contributed by atoms with Crippen LogP contribution in [-0.4, -0.2) is 59.5 Å². The predicted molar refractivity (Wildman–Crippen MR) is 88.7 cm³/mol. The van der Waals surface area contributed by atoms with E-state index in [2.05, 4.69) is 51.8 Å². The molecule has 1 aliphatic heterocycles. The lowest BCUT2D eigenvalue weighted by molar-refractivity contribution is -0.180. The number of morpholine rings is 1. The second kappa shape index (κ2) is 7.40. The largest absolute Gasteiger partial charge is 0.394 e. The highest BCUT2D eigenvalue weighted by Gasteiger charge is 2.37. The third kappa shape index (κ3) is 6.64. The summed E-state index contributed by atoms with van der Waals surface area (Å²) in [7, 11) is 0. The zero-order chi connectivity index (χ0) is 16.1. The van der Waals surface area contributed by atoms with Gasteiger partial charge < -0.3 is 15.2 Å². The molecule has 1 heterocycles. The number of nitrogens with one attached hydrogen (secondary N) is 1. The molecule has 0 amide bonds. The van der Waals surface area contributed by atoms with Crippen LogP contribution in [0.2, 0.25) is 0 Å². The number of likely N-dealkylation sites (N-methyl/N-ethyl adjacent to an activating group) is 1. The first-order valence-electron chi connectivity index (χ1n) is 8.40. The third-order valence-corrected chi connectivity index (χ3v) is 4.17. The van der Waals surface area contributed by atoms with E-state index in [1.807, 2.05) is 0 Å². The van der Waals surface area contributed by atoms with Crippen molar-refractivity contribution in [2.24, 2.45) is 0 Å². The van der Waals surface area contributed by atoms with Crippen LogP contribution in [0.3, 0.4) is 0 Å². The van der Waals surface area contributed by atoms with E-state index in [9.17, 15) is 5.11 Å². The summed E-state index contributed by atoms with van der Waals surface area (Å²) in [5.41, 5.74) is -0.255. The van der Waals surface area contributed by atoms with Crippen molar-refractivity contribution in [1.29, 1.82) is 0 Å². The molecular formula is C17H36N2O2. The Morgan fingerprint density at radius 2 is 1.71 bits per heavy atom. The van der Waals surface area contributed by atoms with Gasteiger partial charge in [-0.05, 0) is 60.5 Å². The van der Waals surface area contributed by atoms with Crippen LogP contribution in [0.4, 0.5) is 0 Å². The number of nitrogens with zero attached hydrogens (tertiary/aromatic N) is 1. The average molecular weight is 300 g/mol. The molecular weight excluding hydrogens is 264 g/mol. The molecule has 1 atom stereocenters. The minimum Gasteiger partial charge on any atom is -0.394 e. The van der Waals surface area contributed by atoms with Crippen LogP contribution < -0.4 is 5.32 Å². The van der Waals surface area contributed by atoms with Crippen LogP contribution in [0.25, 0.3) is 0 Å². The zero-order valence-corrected chi connectivity index (χ0v) is 15.0. The number of hydrogen-bond donors (Lipinski definition) is 2. The van der Waals surface area contributed by atoms with E-state index >= 15 is 0 Å². The maximum atomic E-state index is 9.51. The number of hydrogen-bond acceptors (Lipinski definition) is 4. The molecule has 4 nitrogen and oxygen atoms in total. The highest BCUT2D eigenvalue weighted by atomic mass is 16.5. The molecule has 0 aromatic rings. The second-order valence-electron chi connectivity index (χ2n) is 8.04. The van der Waals surface area contributed by atoms with E-state index in [1.54, 1.807) is 0 Å². The number of rotatable bonds is 8. The summed E-state index contributed by atoms with van der Waals surface area (Å²) in [6.07, 6.45) is 3.34. The van der Waals surface area contributed by atoms with E-state index in [0.717, 1.165) is 39.0 Å². The van der Waals surface area contributed by atoms with Crippen molar-refractivity contribution in [3.05, 3.63) is 0 Å². The Bertz CT molecular complexity index is 302. The van der Waals surface area contributed by atoms with Crippen molar-refractivity contribution in [2.45, 2.75) is 77.5 Å². The van der Waals surface area contributed by atoms with Gasteiger partial charge in [0.1, 0.15) is 0 Å². The summed E-state index contributed by atoms with van der Waals surface area (Å²) in [4.78, 5) is 2.52. The number of aliphatic hydroxyl groups is 1. The second-order valence-corrected chi connectivity index (χ2v) is 8.04. The minimum absolute atomic E-state index is 0.0644. The smallest absolute Gasteiger partial charge is 0.0760 e. The molecule has 1 aliphatic rings. The normalized spacial score (nSPS) is 24.7. The first kappa shape index (κ1) is 18.9. The highest BCUT2D eigenvalue weighted by Crippen LogP contribution is 2.28. The summed E-state index contributed by atoms with van der Waals surface area (Å²) in [6, 6.07) is 0. The quantitative estimate of drug-likeness (QED) is 0.676. The molecule has 1 saturated heterocycles. The Balaban J connectivity index is 2.35. The molecule has 1 rings (SSSR count). The van der Waals surface area contributed by atoms with Gasteiger partial charge >= 0.3 is 0 Å². The van der Waals surface area contributed by atoms with E-state index in [-0.39, 0.29) is 23.3 Å². The Morgan fingerprint density at radius 3 is 2.19 bits per heavy atom. The van der Waals surface area contributed by atoms with Crippen LogP contribution in [0.15, 0.2) is 0 Å².